The minimum Gasteiger partial charge on any atom is -0.355 e. The number of anilines is 1. The van der Waals surface area contributed by atoms with Crippen LogP contribution in [0.2, 0.25) is 0 Å². The van der Waals surface area contributed by atoms with E-state index in [0.29, 0.717) is 18.6 Å². The number of rotatable bonds is 8. The molecule has 0 radical (unpaired) electrons. The molecule has 3 aromatic rings. The number of carbonyl (C=O) groups is 1. The Kier molecular flexibility index (Phi) is 7.26. The molecule has 33 heavy (non-hydrogen) atoms. The van der Waals surface area contributed by atoms with Crippen molar-refractivity contribution in [1.82, 2.24) is 15.2 Å². The van der Waals surface area contributed by atoms with E-state index in [0.717, 1.165) is 41.6 Å². The van der Waals surface area contributed by atoms with Crippen molar-refractivity contribution < 1.29 is 17.6 Å². The first-order valence-corrected chi connectivity index (χ1v) is 13.4. The molecule has 2 aromatic carbocycles. The lowest BCUT2D eigenvalue weighted by atomic mass is 10.2. The zero-order valence-electron chi connectivity index (χ0n) is 18.5. The number of piperazine rings is 1. The highest BCUT2D eigenvalue weighted by atomic mass is 32.2. The molecule has 1 aliphatic rings. The Labute approximate surface area is 197 Å². The van der Waals surface area contributed by atoms with E-state index >= 15 is 0 Å². The van der Waals surface area contributed by atoms with Gasteiger partial charge in [-0.05, 0) is 31.2 Å². The Morgan fingerprint density at radius 1 is 1.12 bits per heavy atom. The number of hydrogen-bond donors (Lipinski definition) is 1. The van der Waals surface area contributed by atoms with E-state index < -0.39 is 9.84 Å². The topological polar surface area (TPSA) is 82.6 Å². The molecule has 0 bridgehead atoms. The van der Waals surface area contributed by atoms with Gasteiger partial charge in [0.1, 0.15) is 11.3 Å². The summed E-state index contributed by atoms with van der Waals surface area (Å²) in [4.78, 5) is 21.2. The van der Waals surface area contributed by atoms with Crippen molar-refractivity contribution >= 4 is 42.4 Å². The molecular weight excluding hydrogens is 463 g/mol. The van der Waals surface area contributed by atoms with Gasteiger partial charge in [-0.3, -0.25) is 9.69 Å². The summed E-state index contributed by atoms with van der Waals surface area (Å²) in [5, 5.41) is 3.65. The number of benzene rings is 2. The predicted octanol–water partition coefficient (Wildman–Crippen LogP) is 2.85. The molecule has 0 atom stereocenters. The molecule has 0 saturated carbocycles. The predicted molar refractivity (Wildman–Crippen MR) is 129 cm³/mol. The number of halogens is 1. The van der Waals surface area contributed by atoms with Crippen LogP contribution in [0, 0.1) is 12.7 Å². The number of sulfone groups is 1. The summed E-state index contributed by atoms with van der Waals surface area (Å²) in [6.07, 6.45) is -0.0574. The van der Waals surface area contributed by atoms with Crippen molar-refractivity contribution in [1.29, 1.82) is 0 Å². The average molecular weight is 491 g/mol. The zero-order valence-corrected chi connectivity index (χ0v) is 20.1. The molecule has 10 heteroatoms. The van der Waals surface area contributed by atoms with Crippen LogP contribution >= 0.6 is 11.3 Å². The second-order valence-electron chi connectivity index (χ2n) is 8.14. The Bertz CT molecular complexity index is 1220. The molecular formula is C23H27FN4O3S2. The number of aromatic nitrogens is 1. The Morgan fingerprint density at radius 3 is 2.55 bits per heavy atom. The van der Waals surface area contributed by atoms with E-state index in [9.17, 15) is 17.6 Å². The lowest BCUT2D eigenvalue weighted by Gasteiger charge is -2.34. The van der Waals surface area contributed by atoms with E-state index in [1.807, 2.05) is 13.0 Å². The molecule has 1 fully saturated rings. The lowest BCUT2D eigenvalue weighted by molar-refractivity contribution is -0.120. The second-order valence-corrected chi connectivity index (χ2v) is 11.3. The molecule has 1 aliphatic heterocycles. The summed E-state index contributed by atoms with van der Waals surface area (Å²) >= 11 is 1.50. The summed E-state index contributed by atoms with van der Waals surface area (Å²) < 4.78 is 39.5. The van der Waals surface area contributed by atoms with Crippen LogP contribution in [0.5, 0.6) is 0 Å². The first kappa shape index (κ1) is 23.6. The van der Waals surface area contributed by atoms with Gasteiger partial charge in [-0.15, -0.1) is 0 Å². The Hall–Kier alpha value is -2.56. The van der Waals surface area contributed by atoms with Gasteiger partial charge in [-0.1, -0.05) is 35.1 Å². The highest BCUT2D eigenvalue weighted by molar-refractivity contribution is 7.91. The highest BCUT2D eigenvalue weighted by Gasteiger charge is 2.21. The van der Waals surface area contributed by atoms with Gasteiger partial charge in [0, 0.05) is 45.7 Å². The third-order valence-corrected chi connectivity index (χ3v) is 8.54. The van der Waals surface area contributed by atoms with Gasteiger partial charge >= 0.3 is 0 Å². The quantitative estimate of drug-likeness (QED) is 0.523. The highest BCUT2D eigenvalue weighted by Crippen LogP contribution is 2.30. The molecule has 176 valence electrons. The van der Waals surface area contributed by atoms with Crippen LogP contribution in [0.4, 0.5) is 9.52 Å². The maximum Gasteiger partial charge on any atom is 0.221 e. The summed E-state index contributed by atoms with van der Waals surface area (Å²) in [6.45, 7) is 6.25. The zero-order chi connectivity index (χ0) is 23.4. The molecule has 1 aromatic heterocycles. The van der Waals surface area contributed by atoms with E-state index in [1.54, 1.807) is 30.3 Å². The third kappa shape index (κ3) is 5.87. The minimum atomic E-state index is -3.47. The van der Waals surface area contributed by atoms with Crippen molar-refractivity contribution in [3.05, 3.63) is 53.8 Å². The van der Waals surface area contributed by atoms with Crippen LogP contribution < -0.4 is 10.2 Å². The summed E-state index contributed by atoms with van der Waals surface area (Å²) in [6, 6.07) is 11.7. The van der Waals surface area contributed by atoms with Crippen LogP contribution in [-0.2, 0) is 14.6 Å². The van der Waals surface area contributed by atoms with Crippen LogP contribution in [0.15, 0.2) is 47.4 Å². The lowest BCUT2D eigenvalue weighted by Crippen LogP contribution is -2.48. The number of carbonyl (C=O) groups excluding carboxylic acids is 1. The molecule has 0 unspecified atom stereocenters. The maximum atomic E-state index is 13.9. The van der Waals surface area contributed by atoms with Gasteiger partial charge in [0.05, 0.1) is 15.3 Å². The minimum absolute atomic E-state index is 0.0574. The van der Waals surface area contributed by atoms with Crippen molar-refractivity contribution in [2.24, 2.45) is 0 Å². The van der Waals surface area contributed by atoms with Crippen LogP contribution in [0.1, 0.15) is 12.0 Å². The van der Waals surface area contributed by atoms with E-state index in [4.69, 9.17) is 0 Å². The number of fused-ring (bicyclic) bond motifs is 1. The average Bonchev–Trinajstić information content (AvgIpc) is 3.24. The van der Waals surface area contributed by atoms with Crippen LogP contribution in [-0.4, -0.2) is 69.2 Å². The fraction of sp³-hybridized carbons (Fsp3) is 0.391. The van der Waals surface area contributed by atoms with Gasteiger partial charge in [-0.2, -0.15) is 0 Å². The Morgan fingerprint density at radius 2 is 1.85 bits per heavy atom. The van der Waals surface area contributed by atoms with Gasteiger partial charge in [0.25, 0.3) is 0 Å². The summed E-state index contributed by atoms with van der Waals surface area (Å²) in [5.74, 6) is -0.763. The van der Waals surface area contributed by atoms with Gasteiger partial charge in [0.2, 0.25) is 5.91 Å². The molecule has 1 saturated heterocycles. The first-order chi connectivity index (χ1) is 15.8. The summed E-state index contributed by atoms with van der Waals surface area (Å²) in [5.41, 5.74) is 1.41. The third-order valence-electron chi connectivity index (χ3n) is 5.73. The van der Waals surface area contributed by atoms with Crippen molar-refractivity contribution in [2.75, 3.05) is 49.9 Å². The Balaban J connectivity index is 1.18. The molecule has 1 amide bonds. The van der Waals surface area contributed by atoms with Crippen molar-refractivity contribution in [3.63, 3.8) is 0 Å². The number of nitrogens with one attached hydrogen (secondary N) is 1. The second kappa shape index (κ2) is 10.1. The molecule has 0 aliphatic carbocycles. The van der Waals surface area contributed by atoms with E-state index in [1.165, 1.54) is 17.4 Å². The largest absolute Gasteiger partial charge is 0.355 e. The number of hydrogen-bond acceptors (Lipinski definition) is 7. The standard InChI is InChI=1S/C23H27FN4O3S2/c1-17-5-7-18(8-6-17)33(30,31)16-9-21(29)25-10-11-27-12-14-28(15-13-27)23-26-22-19(24)3-2-4-20(22)32-23/h2-8H,9-16H2,1H3,(H,25,29). The van der Waals surface area contributed by atoms with Crippen molar-refractivity contribution in [2.45, 2.75) is 18.2 Å². The summed E-state index contributed by atoms with van der Waals surface area (Å²) in [7, 11) is -3.47. The molecule has 1 N–H and O–H groups in total. The van der Waals surface area contributed by atoms with E-state index in [-0.39, 0.29) is 28.8 Å². The molecule has 2 heterocycles. The normalized spacial score (nSPS) is 15.2. The van der Waals surface area contributed by atoms with Gasteiger partial charge in [-0.25, -0.2) is 17.8 Å². The fourth-order valence-electron chi connectivity index (χ4n) is 3.73. The van der Waals surface area contributed by atoms with Gasteiger partial charge < -0.3 is 10.2 Å². The smallest absolute Gasteiger partial charge is 0.221 e. The maximum absolute atomic E-state index is 13.9. The van der Waals surface area contributed by atoms with Crippen molar-refractivity contribution in [3.8, 4) is 0 Å². The molecule has 0 spiro atoms. The van der Waals surface area contributed by atoms with Crippen LogP contribution in [0.25, 0.3) is 10.2 Å². The van der Waals surface area contributed by atoms with E-state index in [2.05, 4.69) is 20.1 Å². The number of amides is 1. The number of para-hydroxylation sites is 1. The van der Waals surface area contributed by atoms with Crippen LogP contribution in [0.3, 0.4) is 0 Å². The SMILES string of the molecule is Cc1ccc(S(=O)(=O)CCC(=O)NCCN2CCN(c3nc4c(F)cccc4s3)CC2)cc1. The van der Waals surface area contributed by atoms with Gasteiger partial charge in [0.15, 0.2) is 15.0 Å². The fourth-order valence-corrected chi connectivity index (χ4v) is 6.01. The number of nitrogens with zero attached hydrogens (tertiary/aromatic N) is 3. The number of thiazole rings is 1. The first-order valence-electron chi connectivity index (χ1n) is 10.9. The molecule has 4 rings (SSSR count). The monoisotopic (exact) mass is 490 g/mol. The number of aryl methyl sites for hydroxylation is 1. The molecule has 7 nitrogen and oxygen atoms in total.